The molecule has 1 rings (SSSR count). The second-order valence-electron chi connectivity index (χ2n) is 2.62. The third-order valence-corrected chi connectivity index (χ3v) is 1.83. The van der Waals surface area contributed by atoms with Crippen LogP contribution in [0.25, 0.3) is 0 Å². The minimum Gasteiger partial charge on any atom is -0.545 e. The highest BCUT2D eigenvalue weighted by atomic mass is 35.5. The summed E-state index contributed by atoms with van der Waals surface area (Å²) >= 11 is 5.76. The van der Waals surface area contributed by atoms with Crippen LogP contribution in [-0.4, -0.2) is 11.9 Å². The van der Waals surface area contributed by atoms with Crippen molar-refractivity contribution in [1.82, 2.24) is 0 Å². The molecule has 0 radical (unpaired) electrons. The highest BCUT2D eigenvalue weighted by Gasteiger charge is 2.00. The zero-order valence-corrected chi connectivity index (χ0v) is 8.32. The zero-order chi connectivity index (χ0) is 11.3. The number of carbonyl (C=O) groups excluding carboxylic acids is 2. The van der Waals surface area contributed by atoms with Gasteiger partial charge in [0.25, 0.3) is 0 Å². The molecule has 0 bridgehead atoms. The van der Waals surface area contributed by atoms with E-state index in [1.165, 1.54) is 0 Å². The number of aliphatic carboxylic acids is 1. The van der Waals surface area contributed by atoms with Gasteiger partial charge in [0, 0.05) is 6.08 Å². The second kappa shape index (κ2) is 5.17. The molecule has 0 unspecified atom stereocenters. The average molecular weight is 225 g/mol. The molecular formula is C10H7ClNO3-. The quantitative estimate of drug-likeness (QED) is 0.764. The number of benzene rings is 1. The third-order valence-electron chi connectivity index (χ3n) is 1.50. The van der Waals surface area contributed by atoms with Crippen LogP contribution in [0.1, 0.15) is 0 Å². The van der Waals surface area contributed by atoms with Gasteiger partial charge in [0.05, 0.1) is 16.7 Å². The van der Waals surface area contributed by atoms with Gasteiger partial charge in [0.2, 0.25) is 5.91 Å². The Bertz CT molecular complexity index is 415. The van der Waals surface area contributed by atoms with E-state index in [0.29, 0.717) is 16.8 Å². The molecule has 1 N–H and O–H groups in total. The average Bonchev–Trinajstić information content (AvgIpc) is 2.18. The van der Waals surface area contributed by atoms with Gasteiger partial charge in [0.15, 0.2) is 0 Å². The molecular weight excluding hydrogens is 218 g/mol. The monoisotopic (exact) mass is 224 g/mol. The Hall–Kier alpha value is -1.81. The number of nitrogens with one attached hydrogen (secondary N) is 1. The first-order chi connectivity index (χ1) is 7.09. The fourth-order valence-electron chi connectivity index (χ4n) is 0.881. The Labute approximate surface area is 91.2 Å². The molecule has 0 saturated carbocycles. The van der Waals surface area contributed by atoms with Crippen molar-refractivity contribution >= 4 is 29.2 Å². The maximum Gasteiger partial charge on any atom is 0.248 e. The SMILES string of the molecule is O=C([O-])C=CC(=O)Nc1ccccc1Cl. The van der Waals surface area contributed by atoms with E-state index < -0.39 is 11.9 Å². The molecule has 0 heterocycles. The van der Waals surface area contributed by atoms with Crippen molar-refractivity contribution in [1.29, 1.82) is 0 Å². The van der Waals surface area contributed by atoms with Crippen LogP contribution in [0.5, 0.6) is 0 Å². The molecule has 4 nitrogen and oxygen atoms in total. The fourth-order valence-corrected chi connectivity index (χ4v) is 1.06. The number of anilines is 1. The van der Waals surface area contributed by atoms with Crippen molar-refractivity contribution in [2.45, 2.75) is 0 Å². The lowest BCUT2D eigenvalue weighted by Crippen LogP contribution is -2.20. The largest absolute Gasteiger partial charge is 0.545 e. The van der Waals surface area contributed by atoms with Crippen LogP contribution in [0.4, 0.5) is 5.69 Å². The van der Waals surface area contributed by atoms with Gasteiger partial charge in [-0.1, -0.05) is 23.7 Å². The second-order valence-corrected chi connectivity index (χ2v) is 3.03. The normalized spacial score (nSPS) is 10.2. The Kier molecular flexibility index (Phi) is 3.88. The Balaban J connectivity index is 2.67. The first kappa shape index (κ1) is 11.3. The van der Waals surface area contributed by atoms with E-state index in [1.807, 2.05) is 0 Å². The van der Waals surface area contributed by atoms with Gasteiger partial charge in [-0.05, 0) is 18.2 Å². The van der Waals surface area contributed by atoms with Crippen LogP contribution in [0.15, 0.2) is 36.4 Å². The number of rotatable bonds is 3. The lowest BCUT2D eigenvalue weighted by atomic mass is 10.3. The van der Waals surface area contributed by atoms with E-state index in [1.54, 1.807) is 24.3 Å². The van der Waals surface area contributed by atoms with Gasteiger partial charge in [-0.2, -0.15) is 0 Å². The first-order valence-electron chi connectivity index (χ1n) is 4.04. The summed E-state index contributed by atoms with van der Waals surface area (Å²) in [7, 11) is 0. The topological polar surface area (TPSA) is 69.2 Å². The Morgan fingerprint density at radius 2 is 1.93 bits per heavy atom. The van der Waals surface area contributed by atoms with E-state index in [0.717, 1.165) is 6.08 Å². The lowest BCUT2D eigenvalue weighted by Gasteiger charge is -2.03. The minimum absolute atomic E-state index is 0.382. The molecule has 0 aliphatic heterocycles. The molecule has 5 heteroatoms. The van der Waals surface area contributed by atoms with Gasteiger partial charge < -0.3 is 15.2 Å². The van der Waals surface area contributed by atoms with Gasteiger partial charge in [-0.3, -0.25) is 4.79 Å². The first-order valence-corrected chi connectivity index (χ1v) is 4.42. The van der Waals surface area contributed by atoms with Crippen LogP contribution in [0.2, 0.25) is 5.02 Å². The smallest absolute Gasteiger partial charge is 0.248 e. The molecule has 0 aromatic heterocycles. The van der Waals surface area contributed by atoms with Gasteiger partial charge in [0.1, 0.15) is 0 Å². The fraction of sp³-hybridized carbons (Fsp3) is 0. The van der Waals surface area contributed by atoms with Crippen LogP contribution in [0, 0.1) is 0 Å². The number of halogens is 1. The van der Waals surface area contributed by atoms with Crippen molar-refractivity contribution in [3.8, 4) is 0 Å². The zero-order valence-electron chi connectivity index (χ0n) is 7.57. The number of carbonyl (C=O) groups is 2. The highest BCUT2D eigenvalue weighted by Crippen LogP contribution is 2.20. The summed E-state index contributed by atoms with van der Waals surface area (Å²) in [5, 5.41) is 12.8. The molecule has 0 saturated heterocycles. The van der Waals surface area contributed by atoms with Crippen molar-refractivity contribution in [2.75, 3.05) is 5.32 Å². The maximum absolute atomic E-state index is 11.1. The van der Waals surface area contributed by atoms with Crippen molar-refractivity contribution in [2.24, 2.45) is 0 Å². The summed E-state index contributed by atoms with van der Waals surface area (Å²) in [6, 6.07) is 6.63. The maximum atomic E-state index is 11.1. The van der Waals surface area contributed by atoms with E-state index in [4.69, 9.17) is 11.6 Å². The highest BCUT2D eigenvalue weighted by molar-refractivity contribution is 6.33. The Morgan fingerprint density at radius 3 is 2.53 bits per heavy atom. The van der Waals surface area contributed by atoms with E-state index in [-0.39, 0.29) is 0 Å². The number of para-hydroxylation sites is 1. The number of amides is 1. The molecule has 0 atom stereocenters. The molecule has 0 fully saturated rings. The molecule has 1 aromatic carbocycles. The lowest BCUT2D eigenvalue weighted by molar-refractivity contribution is -0.297. The predicted molar refractivity (Wildman–Crippen MR) is 54.2 cm³/mol. The molecule has 0 aliphatic carbocycles. The Morgan fingerprint density at radius 1 is 1.27 bits per heavy atom. The van der Waals surface area contributed by atoms with Crippen LogP contribution >= 0.6 is 11.6 Å². The molecule has 0 aliphatic rings. The number of hydrogen-bond acceptors (Lipinski definition) is 3. The van der Waals surface area contributed by atoms with Crippen molar-refractivity contribution < 1.29 is 14.7 Å². The van der Waals surface area contributed by atoms with Crippen LogP contribution < -0.4 is 10.4 Å². The third kappa shape index (κ3) is 3.83. The van der Waals surface area contributed by atoms with E-state index >= 15 is 0 Å². The van der Waals surface area contributed by atoms with E-state index in [9.17, 15) is 14.7 Å². The van der Waals surface area contributed by atoms with Crippen LogP contribution in [0.3, 0.4) is 0 Å². The molecule has 15 heavy (non-hydrogen) atoms. The van der Waals surface area contributed by atoms with Gasteiger partial charge >= 0.3 is 0 Å². The number of hydrogen-bond donors (Lipinski definition) is 1. The van der Waals surface area contributed by atoms with Crippen molar-refractivity contribution in [3.05, 3.63) is 41.4 Å². The summed E-state index contributed by atoms with van der Waals surface area (Å²) in [6.45, 7) is 0. The van der Waals surface area contributed by atoms with E-state index in [2.05, 4.69) is 5.32 Å². The molecule has 1 aromatic rings. The summed E-state index contributed by atoms with van der Waals surface area (Å²) in [6.07, 6.45) is 1.50. The van der Waals surface area contributed by atoms with Gasteiger partial charge in [-0.15, -0.1) is 0 Å². The summed E-state index contributed by atoms with van der Waals surface area (Å²) in [5.74, 6) is -2.00. The van der Waals surface area contributed by atoms with Crippen LogP contribution in [-0.2, 0) is 9.59 Å². The standard InChI is InChI=1S/C10H8ClNO3/c11-7-3-1-2-4-8(7)12-9(13)5-6-10(14)15/h1-6H,(H,12,13)(H,14,15)/p-1. The predicted octanol–water partition coefficient (Wildman–Crippen LogP) is 0.585. The molecule has 1 amide bonds. The molecule has 78 valence electrons. The molecule has 0 spiro atoms. The summed E-state index contributed by atoms with van der Waals surface area (Å²) in [4.78, 5) is 21.1. The number of carboxylic acid groups (broad SMARTS) is 1. The minimum atomic E-state index is -1.43. The van der Waals surface area contributed by atoms with Crippen molar-refractivity contribution in [3.63, 3.8) is 0 Å². The summed E-state index contributed by atoms with van der Waals surface area (Å²) < 4.78 is 0. The summed E-state index contributed by atoms with van der Waals surface area (Å²) in [5.41, 5.74) is 0.423. The number of carboxylic acids is 1. The van der Waals surface area contributed by atoms with Gasteiger partial charge in [-0.25, -0.2) is 0 Å².